The van der Waals surface area contributed by atoms with Crippen LogP contribution in [0, 0.1) is 24.2 Å². The third-order valence-electron chi connectivity index (χ3n) is 5.40. The fourth-order valence-corrected chi connectivity index (χ4v) is 4.04. The number of rotatable bonds is 9. The predicted octanol–water partition coefficient (Wildman–Crippen LogP) is 5.60. The van der Waals surface area contributed by atoms with Gasteiger partial charge in [0.05, 0.1) is 17.9 Å². The van der Waals surface area contributed by atoms with Crippen LogP contribution in [-0.4, -0.2) is 48.6 Å². The number of hydrogen-bond acceptors (Lipinski definition) is 7. The number of nitrogens with zero attached hydrogens (tertiary/aromatic N) is 4. The molecule has 0 spiro atoms. The smallest absolute Gasteiger partial charge is 0.311 e. The van der Waals surface area contributed by atoms with Crippen LogP contribution in [-0.2, 0) is 4.74 Å². The molecule has 1 aliphatic carbocycles. The number of aliphatic imine (C=N–C) groups is 3. The number of thioether (sulfide) groups is 1. The Morgan fingerprint density at radius 1 is 1.39 bits per heavy atom. The molecule has 2 aliphatic rings. The lowest BCUT2D eigenvalue weighted by atomic mass is 9.93. The Hall–Kier alpha value is -2.54. The fourth-order valence-electron chi connectivity index (χ4n) is 3.43. The van der Waals surface area contributed by atoms with Gasteiger partial charge in [0.15, 0.2) is 0 Å². The number of allylic oxidation sites excluding steroid dienone is 2. The summed E-state index contributed by atoms with van der Waals surface area (Å²) in [6.45, 7) is 4.59. The molecule has 3 rings (SSSR count). The fraction of sp³-hybridized carbons (Fsp3) is 0.458. The Kier molecular flexibility index (Phi) is 8.76. The highest BCUT2D eigenvalue weighted by atomic mass is 32.2. The molecular weight excluding hydrogens is 406 g/mol. The minimum Gasteiger partial charge on any atom is -0.459 e. The number of hydrogen-bond donors (Lipinski definition) is 1. The summed E-state index contributed by atoms with van der Waals surface area (Å²) in [6.07, 6.45) is 19.4. The second kappa shape index (κ2) is 11.7. The van der Waals surface area contributed by atoms with Gasteiger partial charge in [-0.1, -0.05) is 25.2 Å². The summed E-state index contributed by atoms with van der Waals surface area (Å²) in [6, 6.07) is 2.57. The minimum atomic E-state index is 0.0637. The Labute approximate surface area is 189 Å². The Morgan fingerprint density at radius 3 is 3.00 bits per heavy atom. The molecule has 0 saturated carbocycles. The molecular formula is C24H31N5OS. The van der Waals surface area contributed by atoms with E-state index in [0.717, 1.165) is 47.5 Å². The molecule has 0 aromatic carbocycles. The molecule has 6 nitrogen and oxygen atoms in total. The Bertz CT molecular complexity index is 919. The van der Waals surface area contributed by atoms with Gasteiger partial charge in [0.25, 0.3) is 0 Å². The van der Waals surface area contributed by atoms with Gasteiger partial charge in [-0.15, -0.1) is 11.8 Å². The van der Waals surface area contributed by atoms with Crippen molar-refractivity contribution >= 4 is 42.1 Å². The molecule has 1 N–H and O–H groups in total. The number of pyridine rings is 1. The molecule has 1 aliphatic heterocycles. The van der Waals surface area contributed by atoms with Crippen LogP contribution in [0.5, 0.6) is 0 Å². The minimum absolute atomic E-state index is 0.0637. The van der Waals surface area contributed by atoms with Crippen LogP contribution in [0.4, 0.5) is 5.69 Å². The summed E-state index contributed by atoms with van der Waals surface area (Å²) >= 11 is 1.68. The van der Waals surface area contributed by atoms with Crippen molar-refractivity contribution in [3.63, 3.8) is 0 Å². The first kappa shape index (κ1) is 23.1. The van der Waals surface area contributed by atoms with Gasteiger partial charge >= 0.3 is 6.02 Å². The van der Waals surface area contributed by atoms with E-state index >= 15 is 0 Å². The van der Waals surface area contributed by atoms with Gasteiger partial charge in [0, 0.05) is 35.4 Å². The van der Waals surface area contributed by atoms with Gasteiger partial charge in [-0.2, -0.15) is 0 Å². The molecule has 0 bridgehead atoms. The summed E-state index contributed by atoms with van der Waals surface area (Å²) < 4.78 is 5.87. The molecule has 1 aromatic rings. The molecule has 0 radical (unpaired) electrons. The molecule has 1 aromatic heterocycles. The van der Waals surface area contributed by atoms with E-state index in [9.17, 15) is 0 Å². The number of aryl methyl sites for hydroxylation is 1. The monoisotopic (exact) mass is 437 g/mol. The quantitative estimate of drug-likeness (QED) is 0.403. The second-order valence-electron chi connectivity index (χ2n) is 7.87. The lowest BCUT2D eigenvalue weighted by Crippen LogP contribution is -2.24. The maximum Gasteiger partial charge on any atom is 0.311 e. The molecule has 0 saturated heterocycles. The highest BCUT2D eigenvalue weighted by Gasteiger charge is 2.19. The van der Waals surface area contributed by atoms with Crippen molar-refractivity contribution in [2.24, 2.45) is 26.8 Å². The Morgan fingerprint density at radius 2 is 2.26 bits per heavy atom. The molecule has 0 amide bonds. The van der Waals surface area contributed by atoms with Gasteiger partial charge in [0.1, 0.15) is 6.61 Å². The first-order chi connectivity index (χ1) is 15.1. The predicted molar refractivity (Wildman–Crippen MR) is 132 cm³/mol. The normalized spacial score (nSPS) is 21.6. The molecule has 3 atom stereocenters. The van der Waals surface area contributed by atoms with Gasteiger partial charge in [-0.3, -0.25) is 9.98 Å². The lowest BCUT2D eigenvalue weighted by molar-refractivity contribution is 0.329. The van der Waals surface area contributed by atoms with Gasteiger partial charge < -0.3 is 10.1 Å². The first-order valence-electron chi connectivity index (χ1n) is 10.7. The summed E-state index contributed by atoms with van der Waals surface area (Å²) in [4.78, 5) is 19.2. The van der Waals surface area contributed by atoms with Crippen LogP contribution >= 0.6 is 11.8 Å². The zero-order valence-electron chi connectivity index (χ0n) is 18.5. The molecule has 164 valence electrons. The average molecular weight is 438 g/mol. The molecule has 2 heterocycles. The van der Waals surface area contributed by atoms with Crippen molar-refractivity contribution in [3.8, 4) is 0 Å². The second-order valence-corrected chi connectivity index (χ2v) is 8.71. The largest absolute Gasteiger partial charge is 0.459 e. The number of amidine groups is 1. The number of nitrogens with one attached hydrogen (secondary N) is 1. The van der Waals surface area contributed by atoms with E-state index in [-0.39, 0.29) is 12.0 Å². The van der Waals surface area contributed by atoms with E-state index in [1.54, 1.807) is 11.8 Å². The third kappa shape index (κ3) is 6.99. The molecule has 31 heavy (non-hydrogen) atoms. The third-order valence-corrected chi connectivity index (χ3v) is 6.17. The van der Waals surface area contributed by atoms with E-state index in [1.807, 2.05) is 25.5 Å². The van der Waals surface area contributed by atoms with E-state index in [2.05, 4.69) is 52.4 Å². The lowest BCUT2D eigenvalue weighted by Gasteiger charge is -2.20. The van der Waals surface area contributed by atoms with Crippen LogP contribution in [0.15, 0.2) is 55.9 Å². The topological polar surface area (TPSA) is 83.0 Å². The average Bonchev–Trinajstić information content (AvgIpc) is 2.81. The van der Waals surface area contributed by atoms with Crippen LogP contribution in [0.25, 0.3) is 0 Å². The summed E-state index contributed by atoms with van der Waals surface area (Å²) in [5, 5.41) is 7.16. The zero-order chi connectivity index (χ0) is 22.1. The zero-order valence-corrected chi connectivity index (χ0v) is 19.3. The first-order valence-corrected chi connectivity index (χ1v) is 12.0. The molecule has 3 unspecified atom stereocenters. The van der Waals surface area contributed by atoms with Crippen molar-refractivity contribution in [2.45, 2.75) is 50.5 Å². The summed E-state index contributed by atoms with van der Waals surface area (Å²) in [5.41, 5.74) is 3.04. The van der Waals surface area contributed by atoms with E-state index in [1.165, 1.54) is 6.21 Å². The standard InChI is InChI=1S/C24H31N5OS/c1-17(14-28-22-15-27-18(2)13-23(22)31-3)21-10-12-26-24(29-21)30-16-20-8-6-19(7-9-20)5-4-11-25/h6,8-9,11-15,17,19,21,25H,4-5,7,10,16H2,1-3H3. The van der Waals surface area contributed by atoms with E-state index in [4.69, 9.17) is 15.1 Å². The van der Waals surface area contributed by atoms with Crippen LogP contribution in [0.3, 0.4) is 0 Å². The molecule has 0 fully saturated rings. The highest BCUT2D eigenvalue weighted by Crippen LogP contribution is 2.28. The van der Waals surface area contributed by atoms with E-state index in [0.29, 0.717) is 18.5 Å². The molecule has 7 heteroatoms. The van der Waals surface area contributed by atoms with Gasteiger partial charge in [-0.25, -0.2) is 9.98 Å². The maximum atomic E-state index is 7.16. The van der Waals surface area contributed by atoms with Crippen LogP contribution < -0.4 is 0 Å². The van der Waals surface area contributed by atoms with Crippen molar-refractivity contribution < 1.29 is 4.74 Å². The summed E-state index contributed by atoms with van der Waals surface area (Å²) in [7, 11) is 0. The van der Waals surface area contributed by atoms with Gasteiger partial charge in [0.2, 0.25) is 0 Å². The summed E-state index contributed by atoms with van der Waals surface area (Å²) in [5.74, 6) is 0.681. The van der Waals surface area contributed by atoms with E-state index < -0.39 is 0 Å². The Balaban J connectivity index is 1.54. The van der Waals surface area contributed by atoms with Crippen LogP contribution in [0.1, 0.15) is 38.3 Å². The van der Waals surface area contributed by atoms with Crippen molar-refractivity contribution in [1.82, 2.24) is 4.98 Å². The maximum absolute atomic E-state index is 7.16. The SMILES string of the molecule is CSc1cc(C)ncc1N=CC(C)C1CC=NC(OCC2=CCC(CCC=N)C=C2)=N1. The highest BCUT2D eigenvalue weighted by molar-refractivity contribution is 7.98. The number of ether oxygens (including phenoxy) is 1. The number of aromatic nitrogens is 1. The van der Waals surface area contributed by atoms with Gasteiger partial charge in [-0.05, 0) is 56.2 Å². The van der Waals surface area contributed by atoms with Crippen molar-refractivity contribution in [2.75, 3.05) is 12.9 Å². The van der Waals surface area contributed by atoms with Crippen molar-refractivity contribution in [1.29, 1.82) is 5.41 Å². The van der Waals surface area contributed by atoms with Crippen LogP contribution in [0.2, 0.25) is 0 Å². The van der Waals surface area contributed by atoms with Crippen molar-refractivity contribution in [3.05, 3.63) is 41.8 Å².